The predicted octanol–water partition coefficient (Wildman–Crippen LogP) is 1.10. The number of methoxy groups -OCH3 is 1. The average Bonchev–Trinajstić information content (AvgIpc) is 3.08. The predicted molar refractivity (Wildman–Crippen MR) is 62.1 cm³/mol. The Morgan fingerprint density at radius 3 is 2.60 bits per heavy atom. The minimum absolute atomic E-state index is 0.825. The standard InChI is InChI=1S/C12H24N2O/c1-15-9-7-13-6-8-14(12-4-5-12)10-11-2-3-11/h11-13H,2-10H2,1H3. The third-order valence-corrected chi connectivity index (χ3v) is 3.31. The van der Waals surface area contributed by atoms with Crippen molar-refractivity contribution in [3.63, 3.8) is 0 Å². The molecule has 0 radical (unpaired) electrons. The lowest BCUT2D eigenvalue weighted by molar-refractivity contribution is 0.195. The van der Waals surface area contributed by atoms with Crippen LogP contribution in [0.25, 0.3) is 0 Å². The second-order valence-corrected chi connectivity index (χ2v) is 4.91. The molecule has 2 aliphatic carbocycles. The van der Waals surface area contributed by atoms with Crippen LogP contribution >= 0.6 is 0 Å². The molecule has 0 amide bonds. The Bertz CT molecular complexity index is 178. The Morgan fingerprint density at radius 2 is 2.00 bits per heavy atom. The maximum absolute atomic E-state index is 5.01. The zero-order valence-corrected chi connectivity index (χ0v) is 9.87. The van der Waals surface area contributed by atoms with Gasteiger partial charge in [0.25, 0.3) is 0 Å². The summed E-state index contributed by atoms with van der Waals surface area (Å²) in [6, 6.07) is 0.926. The van der Waals surface area contributed by atoms with Crippen molar-refractivity contribution in [1.82, 2.24) is 10.2 Å². The molecule has 0 aromatic heterocycles. The normalized spacial score (nSPS) is 21.2. The fraction of sp³-hybridized carbons (Fsp3) is 1.00. The highest BCUT2D eigenvalue weighted by Crippen LogP contribution is 2.34. The Hall–Kier alpha value is -0.120. The molecule has 0 bridgehead atoms. The van der Waals surface area contributed by atoms with Crippen molar-refractivity contribution in [2.75, 3.05) is 39.9 Å². The van der Waals surface area contributed by atoms with E-state index in [-0.39, 0.29) is 0 Å². The molecule has 3 nitrogen and oxygen atoms in total. The summed E-state index contributed by atoms with van der Waals surface area (Å²) in [5, 5.41) is 3.43. The first-order chi connectivity index (χ1) is 7.40. The van der Waals surface area contributed by atoms with Gasteiger partial charge in [0.05, 0.1) is 6.61 Å². The highest BCUT2D eigenvalue weighted by Gasteiger charge is 2.32. The van der Waals surface area contributed by atoms with Crippen LogP contribution < -0.4 is 5.32 Å². The van der Waals surface area contributed by atoms with Crippen molar-refractivity contribution in [2.24, 2.45) is 5.92 Å². The number of hydrogen-bond donors (Lipinski definition) is 1. The zero-order valence-electron chi connectivity index (χ0n) is 9.87. The molecule has 0 heterocycles. The molecule has 0 unspecified atom stereocenters. The maximum atomic E-state index is 5.01. The van der Waals surface area contributed by atoms with E-state index in [4.69, 9.17) is 4.74 Å². The van der Waals surface area contributed by atoms with Gasteiger partial charge in [-0.05, 0) is 31.6 Å². The van der Waals surface area contributed by atoms with Crippen LogP contribution in [0.5, 0.6) is 0 Å². The Labute approximate surface area is 93.2 Å². The van der Waals surface area contributed by atoms with Crippen LogP contribution in [0.15, 0.2) is 0 Å². The number of rotatable bonds is 9. The Kier molecular flexibility index (Phi) is 4.42. The second-order valence-electron chi connectivity index (χ2n) is 4.91. The van der Waals surface area contributed by atoms with E-state index in [2.05, 4.69) is 10.2 Å². The summed E-state index contributed by atoms with van der Waals surface area (Å²) in [7, 11) is 1.76. The van der Waals surface area contributed by atoms with E-state index in [1.807, 2.05) is 0 Å². The SMILES string of the molecule is COCCNCCN(CC1CC1)C1CC1. The topological polar surface area (TPSA) is 24.5 Å². The minimum atomic E-state index is 0.825. The third-order valence-electron chi connectivity index (χ3n) is 3.31. The van der Waals surface area contributed by atoms with Gasteiger partial charge in [-0.1, -0.05) is 0 Å². The van der Waals surface area contributed by atoms with Gasteiger partial charge in [0.15, 0.2) is 0 Å². The molecule has 0 saturated heterocycles. The van der Waals surface area contributed by atoms with Gasteiger partial charge in [-0.25, -0.2) is 0 Å². The van der Waals surface area contributed by atoms with Crippen LogP contribution in [0, 0.1) is 5.92 Å². The van der Waals surface area contributed by atoms with E-state index < -0.39 is 0 Å². The summed E-state index contributed by atoms with van der Waals surface area (Å²) in [6.45, 7) is 5.51. The number of nitrogens with zero attached hydrogens (tertiary/aromatic N) is 1. The first kappa shape index (κ1) is 11.4. The Balaban J connectivity index is 1.53. The summed E-state index contributed by atoms with van der Waals surface area (Å²) in [5.41, 5.74) is 0. The molecule has 0 spiro atoms. The first-order valence-electron chi connectivity index (χ1n) is 6.34. The number of ether oxygens (including phenoxy) is 1. The molecule has 2 aliphatic rings. The molecule has 2 fully saturated rings. The van der Waals surface area contributed by atoms with Gasteiger partial charge in [0.2, 0.25) is 0 Å². The van der Waals surface area contributed by atoms with Crippen LogP contribution in [-0.2, 0) is 4.74 Å². The van der Waals surface area contributed by atoms with Crippen molar-refractivity contribution in [2.45, 2.75) is 31.7 Å². The second kappa shape index (κ2) is 5.83. The molecule has 3 heteroatoms. The minimum Gasteiger partial charge on any atom is -0.383 e. The van der Waals surface area contributed by atoms with Crippen LogP contribution in [0.2, 0.25) is 0 Å². The lowest BCUT2D eigenvalue weighted by Gasteiger charge is -2.21. The Morgan fingerprint density at radius 1 is 1.20 bits per heavy atom. The fourth-order valence-corrected chi connectivity index (χ4v) is 2.02. The van der Waals surface area contributed by atoms with Crippen LogP contribution in [0.4, 0.5) is 0 Å². The van der Waals surface area contributed by atoms with Crippen molar-refractivity contribution >= 4 is 0 Å². The first-order valence-corrected chi connectivity index (χ1v) is 6.34. The molecule has 2 rings (SSSR count). The molecular weight excluding hydrogens is 188 g/mol. The zero-order chi connectivity index (χ0) is 10.5. The monoisotopic (exact) mass is 212 g/mol. The molecule has 0 aliphatic heterocycles. The van der Waals surface area contributed by atoms with E-state index in [1.165, 1.54) is 38.8 Å². The van der Waals surface area contributed by atoms with Crippen molar-refractivity contribution in [3.05, 3.63) is 0 Å². The van der Waals surface area contributed by atoms with E-state index >= 15 is 0 Å². The molecule has 2 saturated carbocycles. The summed E-state index contributed by atoms with van der Waals surface area (Å²) in [6.07, 6.45) is 5.82. The van der Waals surface area contributed by atoms with Gasteiger partial charge in [-0.2, -0.15) is 0 Å². The maximum Gasteiger partial charge on any atom is 0.0587 e. The molecular formula is C12H24N2O. The quantitative estimate of drug-likeness (QED) is 0.579. The largest absolute Gasteiger partial charge is 0.383 e. The van der Waals surface area contributed by atoms with E-state index in [0.29, 0.717) is 0 Å². The van der Waals surface area contributed by atoms with Gasteiger partial charge in [-0.3, -0.25) is 4.90 Å². The summed E-state index contributed by atoms with van der Waals surface area (Å²) < 4.78 is 5.01. The average molecular weight is 212 g/mol. The lowest BCUT2D eigenvalue weighted by Crippen LogP contribution is -2.36. The van der Waals surface area contributed by atoms with Gasteiger partial charge in [0.1, 0.15) is 0 Å². The third kappa shape index (κ3) is 4.49. The lowest BCUT2D eigenvalue weighted by atomic mass is 10.3. The summed E-state index contributed by atoms with van der Waals surface area (Å²) in [5.74, 6) is 1.03. The molecule has 88 valence electrons. The van der Waals surface area contributed by atoms with Crippen molar-refractivity contribution in [1.29, 1.82) is 0 Å². The van der Waals surface area contributed by atoms with Crippen molar-refractivity contribution in [3.8, 4) is 0 Å². The number of hydrogen-bond acceptors (Lipinski definition) is 3. The van der Waals surface area contributed by atoms with Gasteiger partial charge >= 0.3 is 0 Å². The van der Waals surface area contributed by atoms with E-state index in [9.17, 15) is 0 Å². The van der Waals surface area contributed by atoms with E-state index in [0.717, 1.165) is 31.7 Å². The van der Waals surface area contributed by atoms with Gasteiger partial charge in [0, 0.05) is 39.3 Å². The molecule has 0 atom stereocenters. The van der Waals surface area contributed by atoms with Crippen molar-refractivity contribution < 1.29 is 4.74 Å². The summed E-state index contributed by atoms with van der Waals surface area (Å²) >= 11 is 0. The smallest absolute Gasteiger partial charge is 0.0587 e. The van der Waals surface area contributed by atoms with E-state index in [1.54, 1.807) is 7.11 Å². The molecule has 15 heavy (non-hydrogen) atoms. The highest BCUT2D eigenvalue weighted by atomic mass is 16.5. The summed E-state index contributed by atoms with van der Waals surface area (Å²) in [4.78, 5) is 2.69. The van der Waals surface area contributed by atoms with Gasteiger partial charge in [-0.15, -0.1) is 0 Å². The van der Waals surface area contributed by atoms with Crippen LogP contribution in [0.1, 0.15) is 25.7 Å². The van der Waals surface area contributed by atoms with Crippen LogP contribution in [-0.4, -0.2) is 50.8 Å². The molecule has 0 aromatic rings. The van der Waals surface area contributed by atoms with Gasteiger partial charge < -0.3 is 10.1 Å². The molecule has 0 aromatic carbocycles. The molecule has 1 N–H and O–H groups in total. The van der Waals surface area contributed by atoms with Crippen LogP contribution in [0.3, 0.4) is 0 Å². The fourth-order valence-electron chi connectivity index (χ4n) is 2.02. The highest BCUT2D eigenvalue weighted by molar-refractivity contribution is 4.88. The number of nitrogens with one attached hydrogen (secondary N) is 1.